The summed E-state index contributed by atoms with van der Waals surface area (Å²) in [6, 6.07) is 6.01. The molecule has 3 unspecified atom stereocenters. The maximum atomic E-state index is 12.8. The van der Waals surface area contributed by atoms with Crippen LogP contribution in [0.5, 0.6) is 5.75 Å². The molecule has 2 saturated carbocycles. The first kappa shape index (κ1) is 24.5. The Labute approximate surface area is 213 Å². The van der Waals surface area contributed by atoms with Crippen molar-refractivity contribution in [2.75, 3.05) is 11.9 Å². The second-order valence-electron chi connectivity index (χ2n) is 11.7. The third kappa shape index (κ3) is 4.78. The molecule has 2 aromatic rings. The molecule has 5 atom stereocenters. The van der Waals surface area contributed by atoms with Crippen LogP contribution in [-0.2, 0) is 11.2 Å². The van der Waals surface area contributed by atoms with Crippen molar-refractivity contribution in [1.29, 1.82) is 0 Å². The van der Waals surface area contributed by atoms with E-state index in [2.05, 4.69) is 37.1 Å². The fourth-order valence-corrected chi connectivity index (χ4v) is 8.04. The molecular formula is C29H39N3O2S. The summed E-state index contributed by atoms with van der Waals surface area (Å²) in [6.45, 7) is 9.85. The molecule has 3 aliphatic carbocycles. The number of nitrogens with one attached hydrogen (secondary N) is 1. The van der Waals surface area contributed by atoms with Crippen molar-refractivity contribution in [3.63, 3.8) is 0 Å². The molecule has 35 heavy (non-hydrogen) atoms. The predicted molar refractivity (Wildman–Crippen MR) is 143 cm³/mol. The van der Waals surface area contributed by atoms with Crippen LogP contribution in [0.25, 0.3) is 0 Å². The summed E-state index contributed by atoms with van der Waals surface area (Å²) in [7, 11) is 0. The monoisotopic (exact) mass is 493 g/mol. The number of aromatic nitrogens is 1. The molecule has 2 N–H and O–H groups in total. The standard InChI is InChI=1S/C29H39N3O2S/c1-17(2)15-30-25-14-20(6-10-26(34)32-28-31-16-18(3)35-28)27-24-8-5-19-13-21(33)7-9-22(19)23(24)11-12-29(25,27)4/h7,9,13,16-17,20,23-24,27,33H,5-6,8,10-12,14-15H2,1-4H3,(H,31,32,34)/b30-25+/t20-,23?,24?,27?,29-/m1/s1. The van der Waals surface area contributed by atoms with Gasteiger partial charge in [0.15, 0.2) is 5.13 Å². The number of aliphatic imine (C=N–C) groups is 1. The van der Waals surface area contributed by atoms with Crippen LogP contribution in [0.3, 0.4) is 0 Å². The number of aromatic hydroxyl groups is 1. The molecule has 3 aliphatic rings. The summed E-state index contributed by atoms with van der Waals surface area (Å²) in [5.74, 6) is 3.23. The van der Waals surface area contributed by atoms with Crippen LogP contribution < -0.4 is 5.32 Å². The molecule has 0 bridgehead atoms. The zero-order valence-electron chi connectivity index (χ0n) is 21.5. The lowest BCUT2D eigenvalue weighted by molar-refractivity contribution is -0.116. The Kier molecular flexibility index (Phi) is 6.77. The van der Waals surface area contributed by atoms with Gasteiger partial charge in [0, 0.05) is 35.2 Å². The number of carbonyl (C=O) groups is 1. The Morgan fingerprint density at radius 3 is 2.91 bits per heavy atom. The average Bonchev–Trinajstić information content (AvgIpc) is 3.35. The van der Waals surface area contributed by atoms with Gasteiger partial charge in [-0.1, -0.05) is 26.8 Å². The van der Waals surface area contributed by atoms with Gasteiger partial charge >= 0.3 is 0 Å². The van der Waals surface area contributed by atoms with Crippen LogP contribution in [0, 0.1) is 36.0 Å². The molecule has 1 amide bonds. The zero-order chi connectivity index (χ0) is 24.7. The van der Waals surface area contributed by atoms with Crippen molar-refractivity contribution in [2.24, 2.45) is 34.1 Å². The second-order valence-corrected chi connectivity index (χ2v) is 12.9. The molecule has 0 spiro atoms. The lowest BCUT2D eigenvalue weighted by Gasteiger charge is -2.50. The minimum atomic E-state index is 0.0745. The molecule has 5 nitrogen and oxygen atoms in total. The van der Waals surface area contributed by atoms with E-state index >= 15 is 0 Å². The van der Waals surface area contributed by atoms with E-state index in [0.717, 1.165) is 37.1 Å². The van der Waals surface area contributed by atoms with E-state index in [9.17, 15) is 9.90 Å². The number of thiazole rings is 1. The number of hydrogen-bond acceptors (Lipinski definition) is 5. The van der Waals surface area contributed by atoms with Crippen molar-refractivity contribution >= 4 is 28.1 Å². The van der Waals surface area contributed by atoms with E-state index in [4.69, 9.17) is 4.99 Å². The minimum absolute atomic E-state index is 0.0745. The molecule has 1 heterocycles. The second kappa shape index (κ2) is 9.68. The molecule has 2 fully saturated rings. The van der Waals surface area contributed by atoms with Crippen molar-refractivity contribution in [3.05, 3.63) is 40.4 Å². The van der Waals surface area contributed by atoms with E-state index in [1.807, 2.05) is 25.3 Å². The number of amides is 1. The van der Waals surface area contributed by atoms with Gasteiger partial charge in [-0.05, 0) is 98.3 Å². The van der Waals surface area contributed by atoms with Gasteiger partial charge in [0.25, 0.3) is 0 Å². The molecule has 5 rings (SSSR count). The van der Waals surface area contributed by atoms with Crippen molar-refractivity contribution < 1.29 is 9.90 Å². The van der Waals surface area contributed by atoms with Crippen LogP contribution in [0.2, 0.25) is 0 Å². The Hall–Kier alpha value is -2.21. The van der Waals surface area contributed by atoms with Gasteiger partial charge < -0.3 is 10.4 Å². The third-order valence-electron chi connectivity index (χ3n) is 8.84. The van der Waals surface area contributed by atoms with Crippen molar-refractivity contribution in [3.8, 4) is 5.75 Å². The maximum Gasteiger partial charge on any atom is 0.226 e. The number of phenolic OH excluding ortho intramolecular Hbond substituents is 1. The number of anilines is 1. The fraction of sp³-hybridized carbons (Fsp3) is 0.621. The number of fused-ring (bicyclic) bond motifs is 5. The topological polar surface area (TPSA) is 74.6 Å². The maximum absolute atomic E-state index is 12.8. The van der Waals surface area contributed by atoms with Crippen molar-refractivity contribution in [2.45, 2.75) is 78.6 Å². The summed E-state index contributed by atoms with van der Waals surface area (Å²) >= 11 is 1.53. The van der Waals surface area contributed by atoms with E-state index in [1.165, 1.54) is 41.0 Å². The Bertz CT molecular complexity index is 1120. The van der Waals surface area contributed by atoms with Gasteiger partial charge in [0.05, 0.1) is 0 Å². The van der Waals surface area contributed by atoms with E-state index < -0.39 is 0 Å². The quantitative estimate of drug-likeness (QED) is 0.467. The summed E-state index contributed by atoms with van der Waals surface area (Å²) in [6.07, 6.45) is 8.83. The summed E-state index contributed by atoms with van der Waals surface area (Å²) in [5.41, 5.74) is 4.32. The number of nitrogens with zero attached hydrogens (tertiary/aromatic N) is 2. The molecule has 0 saturated heterocycles. The van der Waals surface area contributed by atoms with Gasteiger partial charge in [-0.2, -0.15) is 0 Å². The lowest BCUT2D eigenvalue weighted by Crippen LogP contribution is -2.44. The Morgan fingerprint density at radius 1 is 1.34 bits per heavy atom. The summed E-state index contributed by atoms with van der Waals surface area (Å²) in [5, 5.41) is 13.7. The molecule has 6 heteroatoms. The van der Waals surface area contributed by atoms with Crippen molar-refractivity contribution in [1.82, 2.24) is 4.98 Å². The molecule has 1 aromatic heterocycles. The van der Waals surface area contributed by atoms with Gasteiger partial charge in [-0.15, -0.1) is 11.3 Å². The lowest BCUT2D eigenvalue weighted by atomic mass is 9.54. The summed E-state index contributed by atoms with van der Waals surface area (Å²) in [4.78, 5) is 23.4. The number of hydrogen-bond donors (Lipinski definition) is 2. The molecule has 1 aromatic carbocycles. The predicted octanol–water partition coefficient (Wildman–Crippen LogP) is 6.76. The highest BCUT2D eigenvalue weighted by Gasteiger charge is 2.57. The number of benzene rings is 1. The molecule has 188 valence electrons. The third-order valence-corrected chi connectivity index (χ3v) is 9.67. The van der Waals surface area contributed by atoms with E-state index in [0.29, 0.717) is 46.9 Å². The zero-order valence-corrected chi connectivity index (χ0v) is 22.3. The Morgan fingerprint density at radius 2 is 2.17 bits per heavy atom. The first-order valence-corrected chi connectivity index (χ1v) is 14.1. The van der Waals surface area contributed by atoms with Gasteiger partial charge in [-0.25, -0.2) is 4.98 Å². The van der Waals surface area contributed by atoms with Gasteiger partial charge in [0.1, 0.15) is 5.75 Å². The first-order valence-electron chi connectivity index (χ1n) is 13.3. The number of carbonyl (C=O) groups excluding carboxylic acids is 1. The van der Waals surface area contributed by atoms with Crippen LogP contribution in [-0.4, -0.2) is 28.3 Å². The smallest absolute Gasteiger partial charge is 0.226 e. The highest BCUT2D eigenvalue weighted by Crippen LogP contribution is 2.62. The van der Waals surface area contributed by atoms with Crippen LogP contribution in [0.4, 0.5) is 5.13 Å². The Balaban J connectivity index is 1.38. The SMILES string of the molecule is Cc1cnc(NC(=O)CC[C@@H]2C/C(=N\CC(C)C)[C@@]3(C)CCC4c5ccc(O)cc5CCC4C23)s1. The largest absolute Gasteiger partial charge is 0.508 e. The van der Waals surface area contributed by atoms with E-state index in [1.54, 1.807) is 0 Å². The van der Waals surface area contributed by atoms with Gasteiger partial charge in [-0.3, -0.25) is 9.79 Å². The average molecular weight is 494 g/mol. The number of aryl methyl sites for hydroxylation is 2. The summed E-state index contributed by atoms with van der Waals surface area (Å²) < 4.78 is 0. The normalized spacial score (nSPS) is 30.7. The van der Waals surface area contributed by atoms with Crippen LogP contribution in [0.1, 0.15) is 81.2 Å². The molecule has 0 aliphatic heterocycles. The number of phenols is 1. The highest BCUT2D eigenvalue weighted by atomic mass is 32.1. The van der Waals surface area contributed by atoms with Crippen LogP contribution >= 0.6 is 11.3 Å². The van der Waals surface area contributed by atoms with Crippen LogP contribution in [0.15, 0.2) is 29.4 Å². The fourth-order valence-electron chi connectivity index (χ4n) is 7.36. The minimum Gasteiger partial charge on any atom is -0.508 e. The van der Waals surface area contributed by atoms with E-state index in [-0.39, 0.29) is 11.3 Å². The van der Waals surface area contributed by atoms with Gasteiger partial charge in [0.2, 0.25) is 5.91 Å². The molecular weight excluding hydrogens is 454 g/mol. The highest BCUT2D eigenvalue weighted by molar-refractivity contribution is 7.15. The molecule has 0 radical (unpaired) electrons. The first-order chi connectivity index (χ1) is 16.7. The number of rotatable bonds is 6.